The number of carbonyl (C=O) groups excluding carboxylic acids is 1. The van der Waals surface area contributed by atoms with Crippen molar-refractivity contribution in [3.8, 4) is 0 Å². The smallest absolute Gasteiger partial charge is 0.273 e. The van der Waals surface area contributed by atoms with Gasteiger partial charge < -0.3 is 15.1 Å². The summed E-state index contributed by atoms with van der Waals surface area (Å²) in [5, 5.41) is -0.269. The van der Waals surface area contributed by atoms with Gasteiger partial charge in [0.2, 0.25) is 5.09 Å². The van der Waals surface area contributed by atoms with Crippen LogP contribution in [-0.4, -0.2) is 39.4 Å². The topological polar surface area (TPSA) is 106 Å². The average molecular weight is 402 g/mol. The molecule has 0 atom stereocenters. The summed E-state index contributed by atoms with van der Waals surface area (Å²) in [5.74, 6) is -0.0132. The van der Waals surface area contributed by atoms with Crippen molar-refractivity contribution in [1.82, 2.24) is 9.62 Å². The monoisotopic (exact) mass is 401 g/mol. The van der Waals surface area contributed by atoms with Gasteiger partial charge in [-0.25, -0.2) is 13.1 Å². The number of rotatable bonds is 8. The molecule has 144 valence electrons. The number of nitrogens with two attached hydrogens (primary N) is 1. The molecule has 0 aliphatic carbocycles. The molecule has 0 saturated carbocycles. The summed E-state index contributed by atoms with van der Waals surface area (Å²) in [7, 11) is -2.45. The van der Waals surface area contributed by atoms with Crippen LogP contribution in [0.1, 0.15) is 28.1 Å². The van der Waals surface area contributed by atoms with Gasteiger partial charge in [-0.05, 0) is 32.5 Å². The Labute approximate surface area is 160 Å². The molecule has 0 saturated heterocycles. The van der Waals surface area contributed by atoms with Crippen LogP contribution in [0.4, 0.5) is 0 Å². The molecule has 2 rings (SSSR count). The molecule has 1 amide bonds. The molecule has 3 N–H and O–H groups in total. The molecule has 0 fully saturated rings. The Kier molecular flexibility index (Phi) is 8.29. The summed E-state index contributed by atoms with van der Waals surface area (Å²) in [4.78, 5) is 14.6. The molecule has 0 aliphatic rings. The van der Waals surface area contributed by atoms with E-state index in [2.05, 4.69) is 4.72 Å². The van der Waals surface area contributed by atoms with Crippen molar-refractivity contribution in [1.29, 1.82) is 0 Å². The second-order valence-electron chi connectivity index (χ2n) is 5.60. The van der Waals surface area contributed by atoms with Crippen molar-refractivity contribution >= 4 is 28.3 Å². The number of sulfonamides is 1. The van der Waals surface area contributed by atoms with E-state index in [4.69, 9.17) is 10.2 Å². The van der Waals surface area contributed by atoms with Gasteiger partial charge >= 0.3 is 0 Å². The first-order valence-corrected chi connectivity index (χ1v) is 9.44. The summed E-state index contributed by atoms with van der Waals surface area (Å²) < 4.78 is 31.2. The maximum atomic E-state index is 12.9. The third kappa shape index (κ3) is 5.31. The lowest BCUT2D eigenvalue weighted by molar-refractivity contribution is 0.0740. The van der Waals surface area contributed by atoms with Gasteiger partial charge in [-0.1, -0.05) is 30.3 Å². The van der Waals surface area contributed by atoms with Crippen LogP contribution in [0.25, 0.3) is 0 Å². The van der Waals surface area contributed by atoms with Crippen LogP contribution < -0.4 is 10.5 Å². The number of carbonyl (C=O) groups is 1. The number of hydrogen-bond donors (Lipinski definition) is 2. The van der Waals surface area contributed by atoms with Gasteiger partial charge in [0.25, 0.3) is 15.9 Å². The number of aryl methyl sites for hydroxylation is 1. The molecular weight excluding hydrogens is 378 g/mol. The van der Waals surface area contributed by atoms with Gasteiger partial charge in [0.1, 0.15) is 5.76 Å². The van der Waals surface area contributed by atoms with E-state index in [-0.39, 0.29) is 34.7 Å². The Hall–Kier alpha value is -1.87. The van der Waals surface area contributed by atoms with Crippen LogP contribution in [0.15, 0.2) is 45.9 Å². The Morgan fingerprint density at radius 3 is 2.50 bits per heavy atom. The standard InChI is InChI=1S/C17H23N3O4S.ClH/c1-13-15(11-16(24-13)25(22,23)19-2)17(21)20(10-6-9-18)12-14-7-4-3-5-8-14;/h3-5,7-8,11,19H,6,9-10,12,18H2,1-2H3;1H. The Balaban J connectivity index is 0.00000338. The van der Waals surface area contributed by atoms with Crippen LogP contribution in [0.2, 0.25) is 0 Å². The molecule has 0 spiro atoms. The van der Waals surface area contributed by atoms with E-state index >= 15 is 0 Å². The minimum atomic E-state index is -3.74. The zero-order chi connectivity index (χ0) is 18.4. The molecular formula is C17H24ClN3O4S. The van der Waals surface area contributed by atoms with E-state index in [0.29, 0.717) is 26.1 Å². The fraction of sp³-hybridized carbons (Fsp3) is 0.353. The van der Waals surface area contributed by atoms with E-state index < -0.39 is 10.0 Å². The van der Waals surface area contributed by atoms with Gasteiger partial charge in [0.15, 0.2) is 0 Å². The minimum Gasteiger partial charge on any atom is -0.448 e. The summed E-state index contributed by atoms with van der Waals surface area (Å²) in [6.45, 7) is 2.93. The van der Waals surface area contributed by atoms with Crippen LogP contribution in [0.3, 0.4) is 0 Å². The molecule has 1 aromatic heterocycles. The number of amides is 1. The lowest BCUT2D eigenvalue weighted by Gasteiger charge is -2.22. The van der Waals surface area contributed by atoms with Crippen LogP contribution in [-0.2, 0) is 16.6 Å². The van der Waals surface area contributed by atoms with Crippen LogP contribution >= 0.6 is 12.4 Å². The van der Waals surface area contributed by atoms with Crippen molar-refractivity contribution in [2.45, 2.75) is 25.0 Å². The fourth-order valence-corrected chi connectivity index (χ4v) is 3.12. The molecule has 1 aromatic carbocycles. The van der Waals surface area contributed by atoms with Crippen molar-refractivity contribution in [2.24, 2.45) is 5.73 Å². The molecule has 0 unspecified atom stereocenters. The van der Waals surface area contributed by atoms with Crippen LogP contribution in [0, 0.1) is 6.92 Å². The molecule has 0 radical (unpaired) electrons. The van der Waals surface area contributed by atoms with Gasteiger partial charge in [0.05, 0.1) is 5.56 Å². The number of hydrogen-bond acceptors (Lipinski definition) is 5. The highest BCUT2D eigenvalue weighted by Gasteiger charge is 2.25. The van der Waals surface area contributed by atoms with Gasteiger partial charge in [-0.2, -0.15) is 0 Å². The molecule has 0 bridgehead atoms. The second kappa shape index (κ2) is 9.72. The third-order valence-corrected chi connectivity index (χ3v) is 5.06. The van der Waals surface area contributed by atoms with E-state index in [0.717, 1.165) is 5.56 Å². The molecule has 1 heterocycles. The highest BCUT2D eigenvalue weighted by atomic mass is 35.5. The predicted octanol–water partition coefficient (Wildman–Crippen LogP) is 1.91. The van der Waals surface area contributed by atoms with Gasteiger partial charge in [-0.15, -0.1) is 12.4 Å². The molecule has 0 aliphatic heterocycles. The zero-order valence-electron chi connectivity index (χ0n) is 14.8. The van der Waals surface area contributed by atoms with E-state index in [1.54, 1.807) is 11.8 Å². The predicted molar refractivity (Wildman–Crippen MR) is 102 cm³/mol. The molecule has 26 heavy (non-hydrogen) atoms. The van der Waals surface area contributed by atoms with Crippen molar-refractivity contribution in [3.05, 3.63) is 53.3 Å². The SMILES string of the molecule is CNS(=O)(=O)c1cc(C(=O)N(CCCN)Cc2ccccc2)c(C)o1.Cl. The fourth-order valence-electron chi connectivity index (χ4n) is 2.41. The number of furan rings is 1. The van der Waals surface area contributed by atoms with E-state index in [1.807, 2.05) is 30.3 Å². The highest BCUT2D eigenvalue weighted by molar-refractivity contribution is 7.89. The quantitative estimate of drug-likeness (QED) is 0.702. The Morgan fingerprint density at radius 2 is 1.92 bits per heavy atom. The molecule has 7 nitrogen and oxygen atoms in total. The Bertz CT molecular complexity index is 822. The average Bonchev–Trinajstić information content (AvgIpc) is 3.01. The van der Waals surface area contributed by atoms with Gasteiger partial charge in [-0.3, -0.25) is 4.79 Å². The highest BCUT2D eigenvalue weighted by Crippen LogP contribution is 2.21. The summed E-state index contributed by atoms with van der Waals surface area (Å²) in [6.07, 6.45) is 0.650. The van der Waals surface area contributed by atoms with Crippen molar-refractivity contribution in [2.75, 3.05) is 20.1 Å². The van der Waals surface area contributed by atoms with Crippen molar-refractivity contribution in [3.63, 3.8) is 0 Å². The maximum Gasteiger partial charge on any atom is 0.273 e. The number of benzene rings is 1. The zero-order valence-corrected chi connectivity index (χ0v) is 16.4. The lowest BCUT2D eigenvalue weighted by Crippen LogP contribution is -2.32. The first-order valence-electron chi connectivity index (χ1n) is 7.96. The largest absolute Gasteiger partial charge is 0.448 e. The maximum absolute atomic E-state index is 12.9. The molecule has 9 heteroatoms. The second-order valence-corrected chi connectivity index (χ2v) is 7.41. The first kappa shape index (κ1) is 22.2. The minimum absolute atomic E-state index is 0. The normalized spacial score (nSPS) is 11.0. The van der Waals surface area contributed by atoms with E-state index in [9.17, 15) is 13.2 Å². The number of nitrogens with one attached hydrogen (secondary N) is 1. The number of nitrogens with zero attached hydrogens (tertiary/aromatic N) is 1. The van der Waals surface area contributed by atoms with Crippen LogP contribution in [0.5, 0.6) is 0 Å². The Morgan fingerprint density at radius 1 is 1.27 bits per heavy atom. The van der Waals surface area contributed by atoms with E-state index in [1.165, 1.54) is 13.1 Å². The third-order valence-electron chi connectivity index (χ3n) is 3.79. The summed E-state index contributed by atoms with van der Waals surface area (Å²) in [5.41, 5.74) is 6.80. The van der Waals surface area contributed by atoms with Crippen molar-refractivity contribution < 1.29 is 17.6 Å². The summed E-state index contributed by atoms with van der Waals surface area (Å²) >= 11 is 0. The summed E-state index contributed by atoms with van der Waals surface area (Å²) in [6, 6.07) is 10.8. The number of halogens is 1. The lowest BCUT2D eigenvalue weighted by atomic mass is 10.1. The van der Waals surface area contributed by atoms with Gasteiger partial charge in [0, 0.05) is 19.2 Å². The molecule has 2 aromatic rings. The first-order chi connectivity index (χ1) is 11.9.